The summed E-state index contributed by atoms with van der Waals surface area (Å²) in [5.74, 6) is 0. The van der Waals surface area contributed by atoms with E-state index in [0.29, 0.717) is 0 Å². The van der Waals surface area contributed by atoms with Crippen LogP contribution in [-0.4, -0.2) is 0 Å². The first-order valence-corrected chi connectivity index (χ1v) is 11.0. The van der Waals surface area contributed by atoms with E-state index in [2.05, 4.69) is 93.7 Å². The normalized spacial score (nSPS) is 16.0. The molecule has 1 nitrogen and oxygen atoms in total. The molecule has 0 amide bonds. The van der Waals surface area contributed by atoms with E-state index in [1.54, 1.807) is 0 Å². The van der Waals surface area contributed by atoms with Crippen molar-refractivity contribution in [3.05, 3.63) is 87.4 Å². The van der Waals surface area contributed by atoms with Gasteiger partial charge in [-0.05, 0) is 83.6 Å². The SMILES string of the molecule is BrC1=Cc2sc3ccc(N(C4=CCCC=C4)c4ccccc4)cc3c2CC1. The molecule has 0 aliphatic heterocycles. The molecule has 0 spiro atoms. The fourth-order valence-electron chi connectivity index (χ4n) is 3.92. The van der Waals surface area contributed by atoms with Crippen LogP contribution in [-0.2, 0) is 6.42 Å². The van der Waals surface area contributed by atoms with Gasteiger partial charge in [-0.25, -0.2) is 0 Å². The highest BCUT2D eigenvalue weighted by atomic mass is 79.9. The van der Waals surface area contributed by atoms with Crippen molar-refractivity contribution in [3.8, 4) is 0 Å². The van der Waals surface area contributed by atoms with Gasteiger partial charge in [0.15, 0.2) is 0 Å². The summed E-state index contributed by atoms with van der Waals surface area (Å²) < 4.78 is 2.69. The van der Waals surface area contributed by atoms with Crippen LogP contribution in [0.2, 0.25) is 0 Å². The third-order valence-electron chi connectivity index (χ3n) is 5.21. The molecule has 0 bridgehead atoms. The third kappa shape index (κ3) is 3.19. The summed E-state index contributed by atoms with van der Waals surface area (Å²) in [5.41, 5.74) is 5.21. The third-order valence-corrected chi connectivity index (χ3v) is 7.00. The maximum atomic E-state index is 3.68. The molecule has 1 heterocycles. The Labute approximate surface area is 172 Å². The number of hydrogen-bond donors (Lipinski definition) is 0. The Balaban J connectivity index is 1.67. The molecule has 0 radical (unpaired) electrons. The number of fused-ring (bicyclic) bond motifs is 3. The number of aryl methyl sites for hydroxylation is 1. The summed E-state index contributed by atoms with van der Waals surface area (Å²) in [6, 6.07) is 17.6. The van der Waals surface area contributed by atoms with E-state index in [1.165, 1.54) is 42.1 Å². The van der Waals surface area contributed by atoms with Crippen molar-refractivity contribution in [1.29, 1.82) is 0 Å². The van der Waals surface area contributed by atoms with Crippen LogP contribution in [0.25, 0.3) is 16.2 Å². The number of thiophene rings is 1. The molecule has 5 rings (SSSR count). The molecule has 3 aromatic rings. The standard InChI is InChI=1S/C24H20BrNS/c25-17-11-13-21-22-16-20(12-14-23(22)27-24(21)15-17)26(18-7-3-1-4-8-18)19-9-5-2-6-10-19/h1,3-5,7-10,12,14-16H,2,6,11,13H2. The van der Waals surface area contributed by atoms with Gasteiger partial charge in [0.1, 0.15) is 0 Å². The quantitative estimate of drug-likeness (QED) is 0.404. The zero-order chi connectivity index (χ0) is 18.2. The molecule has 2 aliphatic carbocycles. The van der Waals surface area contributed by atoms with Crippen LogP contribution in [0.4, 0.5) is 11.4 Å². The first-order chi connectivity index (χ1) is 13.3. The molecular formula is C24H20BrNS. The van der Waals surface area contributed by atoms with Crippen molar-refractivity contribution >= 4 is 54.8 Å². The molecule has 0 saturated heterocycles. The fourth-order valence-corrected chi connectivity index (χ4v) is 5.70. The lowest BCUT2D eigenvalue weighted by Gasteiger charge is -2.27. The van der Waals surface area contributed by atoms with Crippen LogP contribution in [0, 0.1) is 0 Å². The van der Waals surface area contributed by atoms with Gasteiger partial charge in [-0.3, -0.25) is 0 Å². The largest absolute Gasteiger partial charge is 0.311 e. The van der Waals surface area contributed by atoms with Crippen molar-refractivity contribution in [2.24, 2.45) is 0 Å². The van der Waals surface area contributed by atoms with E-state index in [-0.39, 0.29) is 0 Å². The molecule has 27 heavy (non-hydrogen) atoms. The molecule has 0 saturated carbocycles. The van der Waals surface area contributed by atoms with Crippen LogP contribution in [0.15, 0.2) is 76.9 Å². The number of hydrogen-bond acceptors (Lipinski definition) is 2. The van der Waals surface area contributed by atoms with Crippen molar-refractivity contribution in [2.75, 3.05) is 4.90 Å². The maximum Gasteiger partial charge on any atom is 0.0468 e. The lowest BCUT2D eigenvalue weighted by Crippen LogP contribution is -2.16. The average Bonchev–Trinajstić information content (AvgIpc) is 3.07. The van der Waals surface area contributed by atoms with Crippen LogP contribution in [0.1, 0.15) is 29.7 Å². The topological polar surface area (TPSA) is 3.24 Å². The summed E-state index contributed by atoms with van der Waals surface area (Å²) in [6.45, 7) is 0. The van der Waals surface area contributed by atoms with E-state index in [4.69, 9.17) is 0 Å². The van der Waals surface area contributed by atoms with Gasteiger partial charge in [-0.15, -0.1) is 11.3 Å². The van der Waals surface area contributed by atoms with Crippen molar-refractivity contribution in [2.45, 2.75) is 25.7 Å². The number of rotatable bonds is 3. The minimum absolute atomic E-state index is 1.10. The van der Waals surface area contributed by atoms with Crippen LogP contribution in [0.3, 0.4) is 0 Å². The fraction of sp³-hybridized carbons (Fsp3) is 0.167. The van der Waals surface area contributed by atoms with Gasteiger partial charge < -0.3 is 4.90 Å². The van der Waals surface area contributed by atoms with E-state index < -0.39 is 0 Å². The molecular weight excluding hydrogens is 414 g/mol. The van der Waals surface area contributed by atoms with Gasteiger partial charge >= 0.3 is 0 Å². The van der Waals surface area contributed by atoms with Gasteiger partial charge in [0.05, 0.1) is 0 Å². The highest BCUT2D eigenvalue weighted by Crippen LogP contribution is 2.41. The minimum atomic E-state index is 1.10. The van der Waals surface area contributed by atoms with Gasteiger partial charge in [0.25, 0.3) is 0 Å². The molecule has 0 fully saturated rings. The molecule has 1 aromatic heterocycles. The summed E-state index contributed by atoms with van der Waals surface area (Å²) in [6.07, 6.45) is 13.6. The second kappa shape index (κ2) is 7.14. The van der Waals surface area contributed by atoms with Crippen molar-refractivity contribution in [1.82, 2.24) is 0 Å². The van der Waals surface area contributed by atoms with Crippen molar-refractivity contribution in [3.63, 3.8) is 0 Å². The molecule has 2 aromatic carbocycles. The zero-order valence-electron chi connectivity index (χ0n) is 15.0. The number of anilines is 2. The zero-order valence-corrected chi connectivity index (χ0v) is 17.4. The number of benzene rings is 2. The molecule has 134 valence electrons. The first kappa shape index (κ1) is 17.0. The first-order valence-electron chi connectivity index (χ1n) is 9.43. The summed E-state index contributed by atoms with van der Waals surface area (Å²) in [5, 5.41) is 1.41. The Morgan fingerprint density at radius 1 is 0.926 bits per heavy atom. The minimum Gasteiger partial charge on any atom is -0.311 e. The van der Waals surface area contributed by atoms with Crippen molar-refractivity contribution < 1.29 is 0 Å². The predicted molar refractivity (Wildman–Crippen MR) is 122 cm³/mol. The Bertz CT molecular complexity index is 1090. The lowest BCUT2D eigenvalue weighted by atomic mass is 10.0. The summed E-state index contributed by atoms with van der Waals surface area (Å²) >= 11 is 5.58. The summed E-state index contributed by atoms with van der Waals surface area (Å²) in [7, 11) is 0. The van der Waals surface area contributed by atoms with Gasteiger partial charge in [-0.1, -0.05) is 46.3 Å². The molecule has 3 heteroatoms. The van der Waals surface area contributed by atoms with E-state index in [0.717, 1.165) is 25.7 Å². The second-order valence-corrected chi connectivity index (χ2v) is 9.10. The van der Waals surface area contributed by atoms with Crippen LogP contribution in [0.5, 0.6) is 0 Å². The number of halogens is 1. The number of para-hydroxylation sites is 1. The summed E-state index contributed by atoms with van der Waals surface area (Å²) in [4.78, 5) is 3.79. The molecule has 0 unspecified atom stereocenters. The predicted octanol–water partition coefficient (Wildman–Crippen LogP) is 7.96. The van der Waals surface area contributed by atoms with Gasteiger partial charge in [-0.2, -0.15) is 0 Å². The maximum absolute atomic E-state index is 3.68. The number of allylic oxidation sites excluding steroid dienone is 4. The Morgan fingerprint density at radius 3 is 2.63 bits per heavy atom. The highest BCUT2D eigenvalue weighted by molar-refractivity contribution is 9.11. The lowest BCUT2D eigenvalue weighted by molar-refractivity contribution is 0.993. The second-order valence-electron chi connectivity index (χ2n) is 7.00. The Morgan fingerprint density at radius 2 is 1.81 bits per heavy atom. The van der Waals surface area contributed by atoms with E-state index >= 15 is 0 Å². The van der Waals surface area contributed by atoms with Crippen LogP contribution < -0.4 is 4.90 Å². The van der Waals surface area contributed by atoms with Crippen LogP contribution >= 0.6 is 27.3 Å². The highest BCUT2D eigenvalue weighted by Gasteiger charge is 2.19. The average molecular weight is 434 g/mol. The van der Waals surface area contributed by atoms with Gasteiger partial charge in [0, 0.05) is 26.6 Å². The van der Waals surface area contributed by atoms with Gasteiger partial charge in [0.2, 0.25) is 0 Å². The van der Waals surface area contributed by atoms with E-state index in [9.17, 15) is 0 Å². The molecule has 0 N–H and O–H groups in total. The smallest absolute Gasteiger partial charge is 0.0468 e. The Hall–Kier alpha value is -2.10. The molecule has 0 atom stereocenters. The number of nitrogens with zero attached hydrogens (tertiary/aromatic N) is 1. The monoisotopic (exact) mass is 433 g/mol. The Kier molecular flexibility index (Phi) is 4.50. The molecule has 2 aliphatic rings. The van der Waals surface area contributed by atoms with E-state index in [1.807, 2.05) is 11.3 Å².